The van der Waals surface area contributed by atoms with Gasteiger partial charge in [-0.3, -0.25) is 0 Å². The van der Waals surface area contributed by atoms with Crippen molar-refractivity contribution in [1.29, 1.82) is 0 Å². The third-order valence-electron chi connectivity index (χ3n) is 3.05. The van der Waals surface area contributed by atoms with Crippen molar-refractivity contribution in [3.63, 3.8) is 0 Å². The van der Waals surface area contributed by atoms with Crippen LogP contribution in [0.2, 0.25) is 0 Å². The fraction of sp³-hybridized carbons (Fsp3) is 0.462. The van der Waals surface area contributed by atoms with Crippen LogP contribution in [-0.2, 0) is 9.53 Å². The molecule has 0 radical (unpaired) electrons. The fourth-order valence-electron chi connectivity index (χ4n) is 1.55. The van der Waals surface area contributed by atoms with Crippen molar-refractivity contribution in [2.75, 3.05) is 19.1 Å². The van der Waals surface area contributed by atoms with E-state index in [4.69, 9.17) is 4.74 Å². The minimum absolute atomic E-state index is 0.252. The summed E-state index contributed by atoms with van der Waals surface area (Å²) < 4.78 is 17.9. The molecule has 3 nitrogen and oxygen atoms in total. The second-order valence-corrected chi connectivity index (χ2v) is 4.54. The summed E-state index contributed by atoms with van der Waals surface area (Å²) in [6.45, 7) is 5.22. The lowest BCUT2D eigenvalue weighted by Gasteiger charge is -2.34. The number of likely N-dealkylation sites (N-methyl/N-ethyl adjacent to an activating group) is 1. The van der Waals surface area contributed by atoms with E-state index in [0.29, 0.717) is 5.56 Å². The van der Waals surface area contributed by atoms with Gasteiger partial charge in [-0.2, -0.15) is 0 Å². The first kappa shape index (κ1) is 13.5. The molecule has 0 fully saturated rings. The number of ether oxygens (including phenoxy) is 1. The molecular formula is C13H18FNO2. The molecule has 17 heavy (non-hydrogen) atoms. The van der Waals surface area contributed by atoms with Crippen LogP contribution in [0, 0.1) is 12.7 Å². The number of hydrogen-bond acceptors (Lipinski definition) is 3. The molecule has 0 bridgehead atoms. The first-order valence-electron chi connectivity index (χ1n) is 5.39. The number of anilines is 1. The van der Waals surface area contributed by atoms with Crippen molar-refractivity contribution in [3.05, 3.63) is 29.6 Å². The van der Waals surface area contributed by atoms with Crippen molar-refractivity contribution in [3.8, 4) is 0 Å². The number of carbonyl (C=O) groups is 1. The van der Waals surface area contributed by atoms with Gasteiger partial charge in [-0.25, -0.2) is 9.18 Å². The van der Waals surface area contributed by atoms with E-state index >= 15 is 0 Å². The number of nitrogens with zero attached hydrogens (tertiary/aromatic N) is 1. The lowest BCUT2D eigenvalue weighted by molar-refractivity contribution is -0.145. The van der Waals surface area contributed by atoms with E-state index in [2.05, 4.69) is 0 Å². The van der Waals surface area contributed by atoms with Gasteiger partial charge in [-0.05, 0) is 44.5 Å². The Balaban J connectivity index is 3.07. The molecule has 94 valence electrons. The molecular weight excluding hydrogens is 221 g/mol. The lowest BCUT2D eigenvalue weighted by Crippen LogP contribution is -2.48. The van der Waals surface area contributed by atoms with Gasteiger partial charge in [-0.15, -0.1) is 0 Å². The van der Waals surface area contributed by atoms with Crippen molar-refractivity contribution in [1.82, 2.24) is 0 Å². The van der Waals surface area contributed by atoms with Gasteiger partial charge in [0.2, 0.25) is 0 Å². The minimum Gasteiger partial charge on any atom is -0.467 e. The highest BCUT2D eigenvalue weighted by Crippen LogP contribution is 2.25. The van der Waals surface area contributed by atoms with Crippen LogP contribution in [0.15, 0.2) is 18.2 Å². The molecule has 1 aromatic rings. The fourth-order valence-corrected chi connectivity index (χ4v) is 1.55. The summed E-state index contributed by atoms with van der Waals surface area (Å²) in [5.41, 5.74) is 0.535. The van der Waals surface area contributed by atoms with E-state index in [9.17, 15) is 9.18 Å². The second-order valence-electron chi connectivity index (χ2n) is 4.54. The summed E-state index contributed by atoms with van der Waals surface area (Å²) in [5, 5.41) is 0. The number of benzene rings is 1. The molecule has 0 N–H and O–H groups in total. The first-order valence-corrected chi connectivity index (χ1v) is 5.39. The maximum atomic E-state index is 13.2. The van der Waals surface area contributed by atoms with Crippen molar-refractivity contribution < 1.29 is 13.9 Å². The first-order chi connectivity index (χ1) is 7.80. The van der Waals surface area contributed by atoms with Crippen LogP contribution in [0.4, 0.5) is 10.1 Å². The molecule has 0 aliphatic rings. The summed E-state index contributed by atoms with van der Waals surface area (Å²) in [7, 11) is 3.14. The van der Waals surface area contributed by atoms with Gasteiger partial charge in [-0.1, -0.05) is 0 Å². The lowest BCUT2D eigenvalue weighted by atomic mass is 10.0. The van der Waals surface area contributed by atoms with Gasteiger partial charge in [0.15, 0.2) is 0 Å². The van der Waals surface area contributed by atoms with E-state index in [1.165, 1.54) is 13.2 Å². The van der Waals surface area contributed by atoms with Crippen LogP contribution in [0.1, 0.15) is 19.4 Å². The molecule has 1 rings (SSSR count). The number of rotatable bonds is 3. The smallest absolute Gasteiger partial charge is 0.331 e. The zero-order valence-corrected chi connectivity index (χ0v) is 10.9. The third-order valence-corrected chi connectivity index (χ3v) is 3.05. The molecule has 4 heteroatoms. The van der Waals surface area contributed by atoms with Crippen LogP contribution in [0.3, 0.4) is 0 Å². The molecule has 0 aromatic heterocycles. The Hall–Kier alpha value is -1.58. The molecule has 0 saturated carbocycles. The van der Waals surface area contributed by atoms with Gasteiger partial charge in [0, 0.05) is 12.7 Å². The average Bonchev–Trinajstić information content (AvgIpc) is 2.30. The highest BCUT2D eigenvalue weighted by atomic mass is 19.1. The molecule has 0 spiro atoms. The number of halogens is 1. The number of esters is 1. The van der Waals surface area contributed by atoms with Crippen LogP contribution in [0.25, 0.3) is 0 Å². The molecule has 0 heterocycles. The maximum absolute atomic E-state index is 13.2. The Bertz CT molecular complexity index is 429. The predicted octanol–water partition coefficient (Wildman–Crippen LogP) is 2.52. The Morgan fingerprint density at radius 3 is 2.47 bits per heavy atom. The summed E-state index contributed by atoms with van der Waals surface area (Å²) in [4.78, 5) is 13.4. The molecule has 1 aromatic carbocycles. The molecule has 0 saturated heterocycles. The number of hydrogen-bond donors (Lipinski definition) is 0. The Morgan fingerprint density at radius 1 is 1.41 bits per heavy atom. The minimum atomic E-state index is -0.793. The van der Waals surface area contributed by atoms with Crippen LogP contribution in [0.5, 0.6) is 0 Å². The molecule has 0 aliphatic carbocycles. The quantitative estimate of drug-likeness (QED) is 0.759. The Kier molecular flexibility index (Phi) is 3.76. The van der Waals surface area contributed by atoms with Gasteiger partial charge in [0.05, 0.1) is 7.11 Å². The number of carbonyl (C=O) groups excluding carboxylic acids is 1. The normalized spacial score (nSPS) is 11.2. The van der Waals surface area contributed by atoms with Gasteiger partial charge < -0.3 is 9.64 Å². The van der Waals surface area contributed by atoms with E-state index in [1.54, 1.807) is 44.9 Å². The van der Waals surface area contributed by atoms with Crippen molar-refractivity contribution in [2.45, 2.75) is 26.3 Å². The second kappa shape index (κ2) is 4.73. The van der Waals surface area contributed by atoms with Gasteiger partial charge in [0.1, 0.15) is 11.4 Å². The third kappa shape index (κ3) is 2.57. The van der Waals surface area contributed by atoms with Crippen LogP contribution >= 0.6 is 0 Å². The largest absolute Gasteiger partial charge is 0.467 e. The standard InChI is InChI=1S/C13H18FNO2/c1-9-8-10(6-7-11(9)14)15(4)13(2,3)12(16)17-5/h6-8H,1-5H3. The van der Waals surface area contributed by atoms with Crippen LogP contribution < -0.4 is 4.90 Å². The Labute approximate surface area is 101 Å². The molecule has 0 aliphatic heterocycles. The van der Waals surface area contributed by atoms with E-state index in [0.717, 1.165) is 5.69 Å². The summed E-state index contributed by atoms with van der Waals surface area (Å²) >= 11 is 0. The molecule has 0 atom stereocenters. The van der Waals surface area contributed by atoms with E-state index in [-0.39, 0.29) is 11.8 Å². The monoisotopic (exact) mass is 239 g/mol. The van der Waals surface area contributed by atoms with Crippen LogP contribution in [-0.4, -0.2) is 25.7 Å². The highest BCUT2D eigenvalue weighted by molar-refractivity contribution is 5.84. The summed E-state index contributed by atoms with van der Waals surface area (Å²) in [6.07, 6.45) is 0. The average molecular weight is 239 g/mol. The number of methoxy groups -OCH3 is 1. The molecule has 0 unspecified atom stereocenters. The zero-order valence-electron chi connectivity index (χ0n) is 10.9. The van der Waals surface area contributed by atoms with Gasteiger partial charge >= 0.3 is 5.97 Å². The topological polar surface area (TPSA) is 29.5 Å². The highest BCUT2D eigenvalue weighted by Gasteiger charge is 2.33. The van der Waals surface area contributed by atoms with Gasteiger partial charge in [0.25, 0.3) is 0 Å². The van der Waals surface area contributed by atoms with E-state index in [1.807, 2.05) is 0 Å². The summed E-state index contributed by atoms with van der Waals surface area (Å²) in [5.74, 6) is -0.583. The Morgan fingerprint density at radius 2 is 2.00 bits per heavy atom. The van der Waals surface area contributed by atoms with Crippen molar-refractivity contribution in [2.24, 2.45) is 0 Å². The molecule has 0 amide bonds. The van der Waals surface area contributed by atoms with E-state index < -0.39 is 5.54 Å². The SMILES string of the molecule is COC(=O)C(C)(C)N(C)c1ccc(F)c(C)c1. The van der Waals surface area contributed by atoms with Crippen molar-refractivity contribution >= 4 is 11.7 Å². The number of aryl methyl sites for hydroxylation is 1. The zero-order chi connectivity index (χ0) is 13.2. The summed E-state index contributed by atoms with van der Waals surface area (Å²) in [6, 6.07) is 4.75. The predicted molar refractivity (Wildman–Crippen MR) is 65.6 cm³/mol. The maximum Gasteiger partial charge on any atom is 0.331 e.